The molecule has 10 nitrogen and oxygen atoms in total. The van der Waals surface area contributed by atoms with Gasteiger partial charge in [0, 0.05) is 39.3 Å². The first-order valence-electron chi connectivity index (χ1n) is 11.5. The molecule has 182 valence electrons. The summed E-state index contributed by atoms with van der Waals surface area (Å²) in [6.07, 6.45) is 3.58. The lowest BCUT2D eigenvalue weighted by Crippen LogP contribution is -2.36. The van der Waals surface area contributed by atoms with Gasteiger partial charge in [-0.2, -0.15) is 4.98 Å². The molecule has 11 heteroatoms. The van der Waals surface area contributed by atoms with Gasteiger partial charge in [0.05, 0.1) is 6.42 Å². The molecule has 0 saturated carbocycles. The average Bonchev–Trinajstić information content (AvgIpc) is 3.38. The standard InChI is InChI=1S/C23H30ClN7O3/c1-4-5-12-31-21-19(20(32)27-23(31)33)26-22(24)30(21)13-6-7-17-25-18(34-28-17)14-15-8-10-16(11-9-15)29(2)3/h8-11,22,26H,4-7,12-14H2,1-3H3,(H,27,32,33). The number of aromatic nitrogens is 4. The maximum absolute atomic E-state index is 12.4. The number of rotatable bonds is 10. The van der Waals surface area contributed by atoms with Gasteiger partial charge in [-0.1, -0.05) is 42.2 Å². The lowest BCUT2D eigenvalue weighted by Gasteiger charge is -2.24. The molecule has 2 aromatic heterocycles. The second-order valence-electron chi connectivity index (χ2n) is 8.58. The summed E-state index contributed by atoms with van der Waals surface area (Å²) in [6, 6.07) is 8.22. The second kappa shape index (κ2) is 10.3. The summed E-state index contributed by atoms with van der Waals surface area (Å²) in [6.45, 7) is 3.09. The van der Waals surface area contributed by atoms with Gasteiger partial charge in [-0.05, 0) is 30.5 Å². The monoisotopic (exact) mass is 487 g/mol. The Balaban J connectivity index is 1.40. The quantitative estimate of drug-likeness (QED) is 0.331. The minimum absolute atomic E-state index is 0.331. The van der Waals surface area contributed by atoms with E-state index in [4.69, 9.17) is 16.1 Å². The summed E-state index contributed by atoms with van der Waals surface area (Å²) >= 11 is 6.47. The van der Waals surface area contributed by atoms with Gasteiger partial charge in [-0.3, -0.25) is 14.3 Å². The Kier molecular flexibility index (Phi) is 7.26. The maximum Gasteiger partial charge on any atom is 0.330 e. The van der Waals surface area contributed by atoms with E-state index in [0.29, 0.717) is 55.6 Å². The predicted octanol–water partition coefficient (Wildman–Crippen LogP) is 2.76. The smallest absolute Gasteiger partial charge is 0.330 e. The Morgan fingerprint density at radius 1 is 1.15 bits per heavy atom. The number of fused-ring (bicyclic) bond motifs is 1. The van der Waals surface area contributed by atoms with Crippen molar-refractivity contribution in [3.8, 4) is 0 Å². The van der Waals surface area contributed by atoms with Crippen molar-refractivity contribution in [2.24, 2.45) is 0 Å². The van der Waals surface area contributed by atoms with Crippen molar-refractivity contribution in [1.82, 2.24) is 19.7 Å². The van der Waals surface area contributed by atoms with Crippen molar-refractivity contribution in [1.29, 1.82) is 0 Å². The normalized spacial score (nSPS) is 14.8. The number of unbranched alkanes of at least 4 members (excludes halogenated alkanes) is 1. The summed E-state index contributed by atoms with van der Waals surface area (Å²) < 4.78 is 7.01. The zero-order valence-electron chi connectivity index (χ0n) is 19.7. The predicted molar refractivity (Wildman–Crippen MR) is 133 cm³/mol. The first kappa shape index (κ1) is 23.9. The molecule has 2 N–H and O–H groups in total. The van der Waals surface area contributed by atoms with Gasteiger partial charge < -0.3 is 19.6 Å². The Hall–Kier alpha value is -3.27. The van der Waals surface area contributed by atoms with E-state index < -0.39 is 16.9 Å². The average molecular weight is 488 g/mol. The first-order valence-corrected chi connectivity index (χ1v) is 11.9. The number of hydrogen-bond acceptors (Lipinski definition) is 8. The van der Waals surface area contributed by atoms with E-state index in [9.17, 15) is 9.59 Å². The Labute approximate surface area is 202 Å². The third-order valence-corrected chi connectivity index (χ3v) is 6.18. The third kappa shape index (κ3) is 5.11. The van der Waals surface area contributed by atoms with Crippen molar-refractivity contribution in [2.75, 3.05) is 35.8 Å². The number of aryl methyl sites for hydroxylation is 1. The van der Waals surface area contributed by atoms with Crippen molar-refractivity contribution in [3.05, 3.63) is 62.4 Å². The van der Waals surface area contributed by atoms with Crippen molar-refractivity contribution < 1.29 is 4.52 Å². The molecule has 3 heterocycles. The number of nitrogens with zero attached hydrogens (tertiary/aromatic N) is 5. The van der Waals surface area contributed by atoms with Crippen molar-refractivity contribution >= 4 is 28.8 Å². The molecule has 0 aliphatic carbocycles. The Morgan fingerprint density at radius 3 is 2.62 bits per heavy atom. The molecule has 1 aromatic carbocycles. The zero-order valence-corrected chi connectivity index (χ0v) is 20.4. The lowest BCUT2D eigenvalue weighted by molar-refractivity contribution is 0.379. The highest BCUT2D eigenvalue weighted by molar-refractivity contribution is 6.24. The minimum atomic E-state index is -0.614. The topological polar surface area (TPSA) is 112 Å². The molecule has 1 atom stereocenters. The molecule has 1 aliphatic heterocycles. The molecule has 0 fully saturated rings. The summed E-state index contributed by atoms with van der Waals surface area (Å²) in [5, 5.41) is 7.09. The fourth-order valence-corrected chi connectivity index (χ4v) is 4.29. The largest absolute Gasteiger partial charge is 0.378 e. The van der Waals surface area contributed by atoms with E-state index in [1.165, 1.54) is 0 Å². The molecule has 0 saturated heterocycles. The van der Waals surface area contributed by atoms with Gasteiger partial charge in [-0.25, -0.2) is 4.79 Å². The highest BCUT2D eigenvalue weighted by Gasteiger charge is 2.32. The third-order valence-electron chi connectivity index (χ3n) is 5.83. The number of anilines is 3. The number of H-pyrrole nitrogens is 1. The van der Waals surface area contributed by atoms with Crippen LogP contribution in [0.15, 0.2) is 38.4 Å². The van der Waals surface area contributed by atoms with Gasteiger partial charge in [0.15, 0.2) is 11.4 Å². The summed E-state index contributed by atoms with van der Waals surface area (Å²) in [5.41, 5.74) is 1.07. The van der Waals surface area contributed by atoms with Gasteiger partial charge in [0.2, 0.25) is 5.89 Å². The highest BCUT2D eigenvalue weighted by atomic mass is 35.5. The molecule has 0 bridgehead atoms. The Morgan fingerprint density at radius 2 is 1.91 bits per heavy atom. The molecule has 4 rings (SSSR count). The van der Waals surface area contributed by atoms with E-state index in [0.717, 1.165) is 24.1 Å². The van der Waals surface area contributed by atoms with Crippen LogP contribution in [0.4, 0.5) is 17.2 Å². The van der Waals surface area contributed by atoms with Crippen LogP contribution in [0.5, 0.6) is 0 Å². The molecular formula is C23H30ClN7O3. The SMILES string of the molecule is CCCCn1c2c(c(=O)[nH]c1=O)NC(Cl)N2CCCc1noc(Cc2ccc(N(C)C)cc2)n1. The highest BCUT2D eigenvalue weighted by Crippen LogP contribution is 2.32. The van der Waals surface area contributed by atoms with Crippen LogP contribution >= 0.6 is 11.6 Å². The van der Waals surface area contributed by atoms with E-state index >= 15 is 0 Å². The Bertz CT molecular complexity index is 1230. The molecule has 3 aromatic rings. The van der Waals surface area contributed by atoms with Crippen LogP contribution in [0.25, 0.3) is 0 Å². The van der Waals surface area contributed by atoms with Gasteiger partial charge >= 0.3 is 5.69 Å². The van der Waals surface area contributed by atoms with Gasteiger partial charge in [0.25, 0.3) is 5.56 Å². The number of aromatic amines is 1. The molecule has 0 spiro atoms. The van der Waals surface area contributed by atoms with E-state index in [2.05, 4.69) is 51.6 Å². The van der Waals surface area contributed by atoms with Crippen molar-refractivity contribution in [3.63, 3.8) is 0 Å². The van der Waals surface area contributed by atoms with E-state index in [1.807, 2.05) is 23.9 Å². The molecule has 0 radical (unpaired) electrons. The van der Waals surface area contributed by atoms with Gasteiger partial charge in [0.1, 0.15) is 11.5 Å². The van der Waals surface area contributed by atoms with E-state index in [-0.39, 0.29) is 0 Å². The summed E-state index contributed by atoms with van der Waals surface area (Å²) in [5.74, 6) is 1.72. The first-order chi connectivity index (χ1) is 16.4. The van der Waals surface area contributed by atoms with Crippen LogP contribution in [0.3, 0.4) is 0 Å². The van der Waals surface area contributed by atoms with Crippen LogP contribution < -0.4 is 26.4 Å². The molecule has 1 unspecified atom stereocenters. The van der Waals surface area contributed by atoms with Crippen LogP contribution in [0, 0.1) is 0 Å². The number of benzene rings is 1. The van der Waals surface area contributed by atoms with Gasteiger partial charge in [-0.15, -0.1) is 0 Å². The molecule has 0 amide bonds. The number of alkyl halides is 1. The van der Waals surface area contributed by atoms with Crippen LogP contribution in [-0.2, 0) is 19.4 Å². The van der Waals surface area contributed by atoms with Crippen LogP contribution in [-0.4, -0.2) is 46.0 Å². The van der Waals surface area contributed by atoms with E-state index in [1.54, 1.807) is 4.57 Å². The summed E-state index contributed by atoms with van der Waals surface area (Å²) in [7, 11) is 4.01. The number of nitrogens with one attached hydrogen (secondary N) is 2. The van der Waals surface area contributed by atoms with Crippen molar-refractivity contribution in [2.45, 2.75) is 51.2 Å². The maximum atomic E-state index is 12.4. The zero-order chi connectivity index (χ0) is 24.2. The molecule has 34 heavy (non-hydrogen) atoms. The fraction of sp³-hybridized carbons (Fsp3) is 0.478. The van der Waals surface area contributed by atoms with Crippen LogP contribution in [0.1, 0.15) is 43.5 Å². The summed E-state index contributed by atoms with van der Waals surface area (Å²) in [4.78, 5) is 35.5. The minimum Gasteiger partial charge on any atom is -0.378 e. The lowest BCUT2D eigenvalue weighted by atomic mass is 10.1. The molecular weight excluding hydrogens is 458 g/mol. The number of halogens is 1. The fourth-order valence-electron chi connectivity index (χ4n) is 3.99. The molecule has 1 aliphatic rings. The number of hydrogen-bond donors (Lipinski definition) is 2. The second-order valence-corrected chi connectivity index (χ2v) is 9.00. The van der Waals surface area contributed by atoms with Crippen LogP contribution in [0.2, 0.25) is 0 Å².